The van der Waals surface area contributed by atoms with Gasteiger partial charge in [-0.15, -0.1) is 11.3 Å². The summed E-state index contributed by atoms with van der Waals surface area (Å²) < 4.78 is 0.970. The number of hydrogen-bond donors (Lipinski definition) is 2. The number of hydrogen-bond acceptors (Lipinski definition) is 3. The van der Waals surface area contributed by atoms with Gasteiger partial charge in [-0.25, -0.2) is 0 Å². The molecule has 1 heterocycles. The second-order valence-electron chi connectivity index (χ2n) is 6.10. The minimum atomic E-state index is -0.118. The summed E-state index contributed by atoms with van der Waals surface area (Å²) in [5, 5.41) is 6.67. The van der Waals surface area contributed by atoms with Crippen molar-refractivity contribution in [1.29, 1.82) is 0 Å². The number of thiophene rings is 1. The smallest absolute Gasteiger partial charge is 0.262 e. The van der Waals surface area contributed by atoms with E-state index in [9.17, 15) is 9.59 Å². The molecule has 1 aliphatic rings. The van der Waals surface area contributed by atoms with Crippen LogP contribution in [0.1, 0.15) is 46.6 Å². The van der Waals surface area contributed by atoms with Crippen molar-refractivity contribution in [2.45, 2.75) is 32.7 Å². The zero-order chi connectivity index (χ0) is 17.3. The lowest BCUT2D eigenvalue weighted by molar-refractivity contribution is -0.117. The Hall–Kier alpha value is -1.66. The molecule has 1 fully saturated rings. The Morgan fingerprint density at radius 2 is 2.00 bits per heavy atom. The van der Waals surface area contributed by atoms with Crippen molar-refractivity contribution in [2.75, 3.05) is 5.32 Å². The van der Waals surface area contributed by atoms with Crippen LogP contribution in [0.15, 0.2) is 34.8 Å². The Labute approximate surface area is 153 Å². The van der Waals surface area contributed by atoms with E-state index >= 15 is 0 Å². The Morgan fingerprint density at radius 3 is 2.67 bits per heavy atom. The van der Waals surface area contributed by atoms with E-state index in [0.29, 0.717) is 4.88 Å². The summed E-state index contributed by atoms with van der Waals surface area (Å²) in [5.41, 5.74) is 1.91. The minimum Gasteiger partial charge on any atom is -0.345 e. The first-order valence-corrected chi connectivity index (χ1v) is 9.53. The summed E-state index contributed by atoms with van der Waals surface area (Å²) in [5.74, 6) is 0.0950. The van der Waals surface area contributed by atoms with Crippen LogP contribution in [0.25, 0.3) is 0 Å². The van der Waals surface area contributed by atoms with Crippen LogP contribution < -0.4 is 10.6 Å². The molecule has 2 N–H and O–H groups in total. The highest BCUT2D eigenvalue weighted by Gasteiger charge is 2.30. The number of anilines is 1. The minimum absolute atomic E-state index is 0.0600. The summed E-state index contributed by atoms with van der Waals surface area (Å²) >= 11 is 4.84. The second kappa shape index (κ2) is 7.07. The first-order chi connectivity index (χ1) is 11.5. The molecule has 1 atom stereocenters. The van der Waals surface area contributed by atoms with Crippen LogP contribution in [0, 0.1) is 12.8 Å². The van der Waals surface area contributed by atoms with Crippen LogP contribution in [-0.2, 0) is 4.79 Å². The maximum Gasteiger partial charge on any atom is 0.262 e. The summed E-state index contributed by atoms with van der Waals surface area (Å²) in [6, 6.07) is 9.59. The third-order valence-corrected chi connectivity index (χ3v) is 5.91. The third kappa shape index (κ3) is 3.87. The van der Waals surface area contributed by atoms with Crippen molar-refractivity contribution in [3.8, 4) is 0 Å². The highest BCUT2D eigenvalue weighted by molar-refractivity contribution is 9.10. The zero-order valence-electron chi connectivity index (χ0n) is 13.6. The van der Waals surface area contributed by atoms with E-state index in [4.69, 9.17) is 0 Å². The molecule has 0 spiro atoms. The molecule has 2 aromatic rings. The van der Waals surface area contributed by atoms with E-state index in [-0.39, 0.29) is 23.8 Å². The molecule has 0 unspecified atom stereocenters. The van der Waals surface area contributed by atoms with E-state index in [1.165, 1.54) is 11.3 Å². The number of aryl methyl sites for hydroxylation is 1. The van der Waals surface area contributed by atoms with Gasteiger partial charge in [0.1, 0.15) is 0 Å². The monoisotopic (exact) mass is 406 g/mol. The first-order valence-electron chi connectivity index (χ1n) is 7.92. The number of benzene rings is 1. The second-order valence-corrected chi connectivity index (χ2v) is 8.01. The molecule has 1 saturated carbocycles. The molecule has 0 radical (unpaired) electrons. The standard InChI is InChI=1S/C18H19BrN2O2S/c1-10-9-15(21-17(22)12-7-8-12)24-16(10)18(23)20-11(2)13-5-3-4-6-14(13)19/h3-6,9,11-12H,7-8H2,1-2H3,(H,20,23)(H,21,22)/t11-/m1/s1. The van der Waals surface area contributed by atoms with E-state index < -0.39 is 0 Å². The van der Waals surface area contributed by atoms with Gasteiger partial charge in [-0.05, 0) is 49.9 Å². The van der Waals surface area contributed by atoms with Gasteiger partial charge in [0.05, 0.1) is 15.9 Å². The lowest BCUT2D eigenvalue weighted by atomic mass is 10.1. The fourth-order valence-corrected chi connectivity index (χ4v) is 4.11. The molecule has 2 amide bonds. The van der Waals surface area contributed by atoms with Crippen molar-refractivity contribution >= 4 is 44.1 Å². The molecule has 1 aliphatic carbocycles. The number of carbonyl (C=O) groups excluding carboxylic acids is 2. The molecule has 3 rings (SSSR count). The summed E-state index contributed by atoms with van der Waals surface area (Å²) in [4.78, 5) is 25.1. The molecule has 0 bridgehead atoms. The van der Waals surface area contributed by atoms with E-state index in [2.05, 4.69) is 26.6 Å². The zero-order valence-corrected chi connectivity index (χ0v) is 16.0. The number of rotatable bonds is 5. The molecular formula is C18H19BrN2O2S. The van der Waals surface area contributed by atoms with Crippen LogP contribution in [-0.4, -0.2) is 11.8 Å². The Kier molecular flexibility index (Phi) is 5.06. The Bertz CT molecular complexity index is 783. The number of nitrogens with one attached hydrogen (secondary N) is 2. The molecule has 0 saturated heterocycles. The molecule has 126 valence electrons. The summed E-state index contributed by atoms with van der Waals surface area (Å²) in [7, 11) is 0. The van der Waals surface area contributed by atoms with Gasteiger partial charge in [0.2, 0.25) is 5.91 Å². The number of halogens is 1. The predicted molar refractivity (Wildman–Crippen MR) is 100 cm³/mol. The average molecular weight is 407 g/mol. The van der Waals surface area contributed by atoms with E-state index in [0.717, 1.165) is 33.4 Å². The van der Waals surface area contributed by atoms with Crippen molar-refractivity contribution < 1.29 is 9.59 Å². The number of carbonyl (C=O) groups is 2. The largest absolute Gasteiger partial charge is 0.345 e. The topological polar surface area (TPSA) is 58.2 Å². The normalized spacial score (nSPS) is 15.0. The first kappa shape index (κ1) is 17.2. The van der Waals surface area contributed by atoms with Crippen LogP contribution in [0.2, 0.25) is 0 Å². The molecule has 4 nitrogen and oxygen atoms in total. The van der Waals surface area contributed by atoms with Gasteiger partial charge >= 0.3 is 0 Å². The van der Waals surface area contributed by atoms with Crippen molar-refractivity contribution in [3.05, 3.63) is 50.8 Å². The SMILES string of the molecule is Cc1cc(NC(=O)C2CC2)sc1C(=O)N[C@H](C)c1ccccc1Br. The van der Waals surface area contributed by atoms with Crippen LogP contribution in [0.5, 0.6) is 0 Å². The average Bonchev–Trinajstić information content (AvgIpc) is 3.32. The fraction of sp³-hybridized carbons (Fsp3) is 0.333. The lowest BCUT2D eigenvalue weighted by Gasteiger charge is -2.15. The van der Waals surface area contributed by atoms with Crippen LogP contribution in [0.4, 0.5) is 5.00 Å². The fourth-order valence-electron chi connectivity index (χ4n) is 2.50. The summed E-state index contributed by atoms with van der Waals surface area (Å²) in [6.45, 7) is 3.85. The van der Waals surface area contributed by atoms with Gasteiger partial charge in [-0.1, -0.05) is 34.1 Å². The number of amides is 2. The van der Waals surface area contributed by atoms with E-state index in [1.54, 1.807) is 0 Å². The highest BCUT2D eigenvalue weighted by Crippen LogP contribution is 2.33. The lowest BCUT2D eigenvalue weighted by Crippen LogP contribution is -2.26. The maximum absolute atomic E-state index is 12.6. The molecule has 0 aliphatic heterocycles. The highest BCUT2D eigenvalue weighted by atomic mass is 79.9. The van der Waals surface area contributed by atoms with Gasteiger partial charge in [0.25, 0.3) is 5.91 Å². The summed E-state index contributed by atoms with van der Waals surface area (Å²) in [6.07, 6.45) is 1.93. The Morgan fingerprint density at radius 1 is 1.29 bits per heavy atom. The quantitative estimate of drug-likeness (QED) is 0.758. The van der Waals surface area contributed by atoms with Gasteiger partial charge in [0.15, 0.2) is 0 Å². The van der Waals surface area contributed by atoms with Crippen LogP contribution >= 0.6 is 27.3 Å². The molecule has 6 heteroatoms. The molecule has 1 aromatic heterocycles. The molecular weight excluding hydrogens is 388 g/mol. The molecule has 24 heavy (non-hydrogen) atoms. The van der Waals surface area contributed by atoms with Crippen LogP contribution in [0.3, 0.4) is 0 Å². The van der Waals surface area contributed by atoms with Crippen molar-refractivity contribution in [2.24, 2.45) is 5.92 Å². The van der Waals surface area contributed by atoms with Crippen molar-refractivity contribution in [3.63, 3.8) is 0 Å². The van der Waals surface area contributed by atoms with E-state index in [1.807, 2.05) is 44.2 Å². The predicted octanol–water partition coefficient (Wildman–Crippen LogP) is 4.66. The molecule has 1 aromatic carbocycles. The Balaban J connectivity index is 1.69. The van der Waals surface area contributed by atoms with Gasteiger partial charge in [-0.3, -0.25) is 9.59 Å². The van der Waals surface area contributed by atoms with Gasteiger partial charge < -0.3 is 10.6 Å². The van der Waals surface area contributed by atoms with Gasteiger partial charge in [0, 0.05) is 10.4 Å². The third-order valence-electron chi connectivity index (χ3n) is 4.04. The maximum atomic E-state index is 12.6. The van der Waals surface area contributed by atoms with Gasteiger partial charge in [-0.2, -0.15) is 0 Å². The van der Waals surface area contributed by atoms with Crippen molar-refractivity contribution in [1.82, 2.24) is 5.32 Å².